The van der Waals surface area contributed by atoms with Crippen LogP contribution in [-0.4, -0.2) is 40.8 Å². The first kappa shape index (κ1) is 20.8. The molecule has 0 radical (unpaired) electrons. The van der Waals surface area contributed by atoms with Crippen LogP contribution in [0.2, 0.25) is 5.02 Å². The van der Waals surface area contributed by atoms with Gasteiger partial charge in [-0.1, -0.05) is 17.7 Å². The number of aromatic nitrogens is 1. The Labute approximate surface area is 181 Å². The first-order chi connectivity index (χ1) is 14.5. The number of aryl methyl sites for hydroxylation is 1. The van der Waals surface area contributed by atoms with Crippen LogP contribution in [0.4, 0.5) is 5.69 Å². The summed E-state index contributed by atoms with van der Waals surface area (Å²) in [4.78, 5) is 31.4. The lowest BCUT2D eigenvalue weighted by Gasteiger charge is -2.32. The molecule has 2 aliphatic rings. The van der Waals surface area contributed by atoms with Gasteiger partial charge in [0.05, 0.1) is 0 Å². The second kappa shape index (κ2) is 9.12. The SMILES string of the molecule is Cc1ccc(NC(=O)C2CCN(C(=O)C3CC(c4ccncc4)NN3)CC2)cc1Cl. The lowest BCUT2D eigenvalue weighted by Crippen LogP contribution is -2.49. The Bertz CT molecular complexity index is 915. The number of nitrogens with zero attached hydrogens (tertiary/aromatic N) is 2. The van der Waals surface area contributed by atoms with Crippen molar-refractivity contribution in [2.45, 2.75) is 38.3 Å². The van der Waals surface area contributed by atoms with E-state index in [-0.39, 0.29) is 29.8 Å². The van der Waals surface area contributed by atoms with E-state index in [0.717, 1.165) is 11.1 Å². The number of halogens is 1. The van der Waals surface area contributed by atoms with E-state index in [1.807, 2.05) is 36.1 Å². The highest BCUT2D eigenvalue weighted by atomic mass is 35.5. The van der Waals surface area contributed by atoms with Crippen molar-refractivity contribution in [1.82, 2.24) is 20.7 Å². The van der Waals surface area contributed by atoms with Crippen molar-refractivity contribution >= 4 is 29.1 Å². The average molecular weight is 428 g/mol. The molecule has 2 unspecified atom stereocenters. The number of hydrogen-bond donors (Lipinski definition) is 3. The van der Waals surface area contributed by atoms with Gasteiger partial charge in [0.1, 0.15) is 6.04 Å². The molecule has 2 aromatic rings. The Balaban J connectivity index is 1.27. The highest BCUT2D eigenvalue weighted by Gasteiger charge is 2.35. The minimum Gasteiger partial charge on any atom is -0.341 e. The standard InChI is InChI=1S/C22H26ClN5O2/c1-14-2-3-17(12-18(14)23)25-21(29)16-6-10-28(11-7-16)22(30)20-13-19(26-27-20)15-4-8-24-9-5-15/h2-5,8-9,12,16,19-20,26-27H,6-7,10-11,13H2,1H3,(H,25,29). The van der Waals surface area contributed by atoms with Crippen molar-refractivity contribution in [3.8, 4) is 0 Å². The van der Waals surface area contributed by atoms with Crippen LogP contribution >= 0.6 is 11.6 Å². The number of carbonyl (C=O) groups excluding carboxylic acids is 2. The molecule has 0 bridgehead atoms. The molecular weight excluding hydrogens is 402 g/mol. The summed E-state index contributed by atoms with van der Waals surface area (Å²) >= 11 is 6.14. The molecule has 2 atom stereocenters. The first-order valence-electron chi connectivity index (χ1n) is 10.3. The maximum absolute atomic E-state index is 12.9. The van der Waals surface area contributed by atoms with Crippen LogP contribution in [0.25, 0.3) is 0 Å². The lowest BCUT2D eigenvalue weighted by molar-refractivity contribution is -0.136. The summed E-state index contributed by atoms with van der Waals surface area (Å²) in [6.07, 6.45) is 5.52. The largest absolute Gasteiger partial charge is 0.341 e. The number of anilines is 1. The summed E-state index contributed by atoms with van der Waals surface area (Å²) in [6.45, 7) is 3.10. The van der Waals surface area contributed by atoms with Gasteiger partial charge in [0.25, 0.3) is 0 Å². The fraction of sp³-hybridized carbons (Fsp3) is 0.409. The number of pyridine rings is 1. The van der Waals surface area contributed by atoms with Gasteiger partial charge in [-0.3, -0.25) is 14.6 Å². The predicted molar refractivity (Wildman–Crippen MR) is 116 cm³/mol. The molecule has 8 heteroatoms. The van der Waals surface area contributed by atoms with Gasteiger partial charge in [-0.05, 0) is 61.6 Å². The molecule has 1 aromatic heterocycles. The molecule has 3 heterocycles. The second-order valence-electron chi connectivity index (χ2n) is 7.96. The Morgan fingerprint density at radius 2 is 1.87 bits per heavy atom. The summed E-state index contributed by atoms with van der Waals surface area (Å²) in [6, 6.07) is 9.26. The van der Waals surface area contributed by atoms with E-state index in [1.54, 1.807) is 18.5 Å². The van der Waals surface area contributed by atoms with Crippen LogP contribution in [0.3, 0.4) is 0 Å². The summed E-state index contributed by atoms with van der Waals surface area (Å²) in [5.41, 5.74) is 9.12. The Hall–Kier alpha value is -2.48. The van der Waals surface area contributed by atoms with Crippen LogP contribution in [-0.2, 0) is 9.59 Å². The minimum atomic E-state index is -0.261. The molecule has 2 fully saturated rings. The van der Waals surface area contributed by atoms with Gasteiger partial charge in [-0.2, -0.15) is 0 Å². The van der Waals surface area contributed by atoms with Gasteiger partial charge in [0.2, 0.25) is 11.8 Å². The molecule has 2 aliphatic heterocycles. The Morgan fingerprint density at radius 3 is 2.57 bits per heavy atom. The maximum atomic E-state index is 12.9. The van der Waals surface area contributed by atoms with E-state index >= 15 is 0 Å². The van der Waals surface area contributed by atoms with Crippen LogP contribution in [0.15, 0.2) is 42.7 Å². The van der Waals surface area contributed by atoms with Gasteiger partial charge in [-0.15, -0.1) is 0 Å². The fourth-order valence-electron chi connectivity index (χ4n) is 4.03. The van der Waals surface area contributed by atoms with Crippen molar-refractivity contribution in [3.05, 3.63) is 58.9 Å². The number of carbonyl (C=O) groups is 2. The monoisotopic (exact) mass is 427 g/mol. The smallest absolute Gasteiger partial charge is 0.241 e. The summed E-state index contributed by atoms with van der Waals surface area (Å²) < 4.78 is 0. The van der Waals surface area contributed by atoms with Gasteiger partial charge < -0.3 is 10.2 Å². The maximum Gasteiger partial charge on any atom is 0.241 e. The molecule has 3 N–H and O–H groups in total. The van der Waals surface area contributed by atoms with Crippen molar-refractivity contribution in [1.29, 1.82) is 0 Å². The molecule has 2 saturated heterocycles. The van der Waals surface area contributed by atoms with Gasteiger partial charge in [-0.25, -0.2) is 10.9 Å². The van der Waals surface area contributed by atoms with Crippen LogP contribution in [0.5, 0.6) is 0 Å². The topological polar surface area (TPSA) is 86.4 Å². The number of hydrogen-bond acceptors (Lipinski definition) is 5. The zero-order chi connectivity index (χ0) is 21.1. The van der Waals surface area contributed by atoms with E-state index in [0.29, 0.717) is 43.1 Å². The Kier molecular flexibility index (Phi) is 6.32. The van der Waals surface area contributed by atoms with Gasteiger partial charge >= 0.3 is 0 Å². The first-order valence-corrected chi connectivity index (χ1v) is 10.7. The predicted octanol–water partition coefficient (Wildman–Crippen LogP) is 2.83. The molecule has 2 amide bonds. The molecule has 7 nitrogen and oxygen atoms in total. The number of amides is 2. The third kappa shape index (κ3) is 4.64. The molecule has 1 aromatic carbocycles. The van der Waals surface area contributed by atoms with E-state index < -0.39 is 0 Å². The molecule has 158 valence electrons. The van der Waals surface area contributed by atoms with Crippen molar-refractivity contribution < 1.29 is 9.59 Å². The van der Waals surface area contributed by atoms with Crippen molar-refractivity contribution in [3.63, 3.8) is 0 Å². The van der Waals surface area contributed by atoms with Crippen LogP contribution in [0.1, 0.15) is 36.4 Å². The fourth-order valence-corrected chi connectivity index (χ4v) is 4.21. The molecule has 4 rings (SSSR count). The van der Waals surface area contributed by atoms with Gasteiger partial charge in [0.15, 0.2) is 0 Å². The molecule has 0 aliphatic carbocycles. The van der Waals surface area contributed by atoms with Crippen molar-refractivity contribution in [2.75, 3.05) is 18.4 Å². The third-order valence-electron chi connectivity index (χ3n) is 5.93. The number of hydrazine groups is 1. The zero-order valence-corrected chi connectivity index (χ0v) is 17.7. The number of nitrogens with one attached hydrogen (secondary N) is 3. The zero-order valence-electron chi connectivity index (χ0n) is 16.9. The van der Waals surface area contributed by atoms with E-state index in [4.69, 9.17) is 11.6 Å². The minimum absolute atomic E-state index is 0.0135. The highest BCUT2D eigenvalue weighted by Crippen LogP contribution is 2.26. The second-order valence-corrected chi connectivity index (χ2v) is 8.37. The summed E-state index contributed by atoms with van der Waals surface area (Å²) in [7, 11) is 0. The summed E-state index contributed by atoms with van der Waals surface area (Å²) in [5.74, 6) is -0.0305. The lowest BCUT2D eigenvalue weighted by atomic mass is 9.94. The Morgan fingerprint density at radius 1 is 1.13 bits per heavy atom. The molecular formula is C22H26ClN5O2. The number of likely N-dealkylation sites (tertiary alicyclic amines) is 1. The highest BCUT2D eigenvalue weighted by molar-refractivity contribution is 6.31. The molecule has 0 saturated carbocycles. The van der Waals surface area contributed by atoms with Crippen LogP contribution < -0.4 is 16.2 Å². The number of piperidine rings is 1. The average Bonchev–Trinajstić information content (AvgIpc) is 3.27. The quantitative estimate of drug-likeness (QED) is 0.698. The van der Waals surface area contributed by atoms with E-state index in [9.17, 15) is 9.59 Å². The third-order valence-corrected chi connectivity index (χ3v) is 6.33. The number of rotatable bonds is 4. The summed E-state index contributed by atoms with van der Waals surface area (Å²) in [5, 5.41) is 3.58. The molecule has 0 spiro atoms. The van der Waals surface area contributed by atoms with Gasteiger partial charge in [0, 0.05) is 48.2 Å². The van der Waals surface area contributed by atoms with E-state index in [1.165, 1.54) is 0 Å². The number of benzene rings is 1. The molecule has 30 heavy (non-hydrogen) atoms. The normalized spacial score (nSPS) is 22.1. The van der Waals surface area contributed by atoms with Crippen molar-refractivity contribution in [2.24, 2.45) is 5.92 Å². The van der Waals surface area contributed by atoms with Crippen LogP contribution in [0, 0.1) is 12.8 Å². The van der Waals surface area contributed by atoms with E-state index in [2.05, 4.69) is 21.2 Å².